The maximum Gasteiger partial charge on any atom is 0.410 e. The minimum atomic E-state index is -0.578. The van der Waals surface area contributed by atoms with Crippen LogP contribution in [0.1, 0.15) is 58.2 Å². The maximum atomic E-state index is 13.1. The molecule has 0 unspecified atom stereocenters. The van der Waals surface area contributed by atoms with Crippen LogP contribution in [0, 0.1) is 6.92 Å². The Balaban J connectivity index is 1.76. The summed E-state index contributed by atoms with van der Waals surface area (Å²) in [7, 11) is 0. The molecule has 3 aromatic rings. The molecule has 1 atom stereocenters. The van der Waals surface area contributed by atoms with Crippen molar-refractivity contribution in [2.75, 3.05) is 18.4 Å². The summed E-state index contributed by atoms with van der Waals surface area (Å²) in [6.45, 7) is 12.6. The molecule has 0 bridgehead atoms. The van der Waals surface area contributed by atoms with E-state index in [2.05, 4.69) is 11.4 Å². The minimum Gasteiger partial charge on any atom is -0.444 e. The SMILES string of the molecule is Cc1c(Cl)cccc1[C@@]1(Nc2ccc3ccn(C(C)C)c(=O)c3c2)CCN(C(=O)OC(C)(C)C)C1. The zero-order valence-corrected chi connectivity index (χ0v) is 22.1. The van der Waals surface area contributed by atoms with Crippen LogP contribution in [0.2, 0.25) is 5.02 Å². The largest absolute Gasteiger partial charge is 0.444 e. The van der Waals surface area contributed by atoms with Gasteiger partial charge in [-0.05, 0) is 88.7 Å². The Bertz CT molecular complexity index is 1330. The number of rotatable bonds is 4. The number of nitrogens with one attached hydrogen (secondary N) is 1. The fourth-order valence-corrected chi connectivity index (χ4v) is 5.00. The van der Waals surface area contributed by atoms with Crippen molar-refractivity contribution in [2.24, 2.45) is 0 Å². The molecule has 0 saturated carbocycles. The van der Waals surface area contributed by atoms with Crippen molar-refractivity contribution in [3.05, 3.63) is 75.2 Å². The summed E-state index contributed by atoms with van der Waals surface area (Å²) in [5, 5.41) is 5.93. The average Bonchev–Trinajstić information content (AvgIpc) is 3.20. The number of pyridine rings is 1. The monoisotopic (exact) mass is 495 g/mol. The van der Waals surface area contributed by atoms with Gasteiger partial charge in [0.25, 0.3) is 5.56 Å². The normalized spacial score (nSPS) is 18.3. The quantitative estimate of drug-likeness (QED) is 0.449. The fraction of sp³-hybridized carbons (Fsp3) is 0.429. The second-order valence-corrected chi connectivity index (χ2v) is 11.1. The molecule has 2 heterocycles. The lowest BCUT2D eigenvalue weighted by atomic mass is 9.85. The number of amides is 1. The molecule has 1 fully saturated rings. The van der Waals surface area contributed by atoms with Crippen LogP contribution in [0.15, 0.2) is 53.5 Å². The minimum absolute atomic E-state index is 0.0176. The highest BCUT2D eigenvalue weighted by atomic mass is 35.5. The van der Waals surface area contributed by atoms with Crippen molar-refractivity contribution in [3.8, 4) is 0 Å². The van der Waals surface area contributed by atoms with E-state index in [-0.39, 0.29) is 17.7 Å². The zero-order chi connectivity index (χ0) is 25.5. The van der Waals surface area contributed by atoms with Crippen molar-refractivity contribution in [1.29, 1.82) is 0 Å². The van der Waals surface area contributed by atoms with E-state index in [0.29, 0.717) is 29.9 Å². The number of carbonyl (C=O) groups is 1. The topological polar surface area (TPSA) is 63.6 Å². The Labute approximate surface area is 211 Å². The number of anilines is 1. The Kier molecular flexibility index (Phi) is 6.62. The van der Waals surface area contributed by atoms with Crippen molar-refractivity contribution >= 4 is 34.2 Å². The number of carbonyl (C=O) groups excluding carboxylic acids is 1. The summed E-state index contributed by atoms with van der Waals surface area (Å²) < 4.78 is 7.39. The van der Waals surface area contributed by atoms with Crippen molar-refractivity contribution in [3.63, 3.8) is 0 Å². The van der Waals surface area contributed by atoms with E-state index < -0.39 is 11.1 Å². The van der Waals surface area contributed by atoms with Gasteiger partial charge in [0, 0.05) is 34.9 Å². The van der Waals surface area contributed by atoms with Crippen LogP contribution < -0.4 is 10.9 Å². The second-order valence-electron chi connectivity index (χ2n) is 10.7. The Hall–Kier alpha value is -2.99. The molecule has 0 aliphatic carbocycles. The van der Waals surface area contributed by atoms with E-state index in [4.69, 9.17) is 16.3 Å². The lowest BCUT2D eigenvalue weighted by Gasteiger charge is -2.34. The van der Waals surface area contributed by atoms with Gasteiger partial charge in [-0.25, -0.2) is 4.79 Å². The maximum absolute atomic E-state index is 13.1. The van der Waals surface area contributed by atoms with E-state index in [1.54, 1.807) is 9.47 Å². The molecular weight excluding hydrogens is 462 g/mol. The Morgan fingerprint density at radius 2 is 1.91 bits per heavy atom. The van der Waals surface area contributed by atoms with Gasteiger partial charge in [-0.1, -0.05) is 29.8 Å². The van der Waals surface area contributed by atoms with Gasteiger partial charge in [-0.3, -0.25) is 4.79 Å². The second kappa shape index (κ2) is 9.23. The first kappa shape index (κ1) is 25.1. The Morgan fingerprint density at radius 3 is 2.60 bits per heavy atom. The molecule has 1 saturated heterocycles. The molecule has 1 aliphatic rings. The third-order valence-electron chi connectivity index (χ3n) is 6.58. The van der Waals surface area contributed by atoms with Crippen molar-refractivity contribution in [1.82, 2.24) is 9.47 Å². The molecule has 2 aromatic carbocycles. The highest BCUT2D eigenvalue weighted by Gasteiger charge is 2.43. The smallest absolute Gasteiger partial charge is 0.410 e. The van der Waals surface area contributed by atoms with Crippen LogP contribution in [-0.2, 0) is 10.3 Å². The molecule has 1 N–H and O–H groups in total. The van der Waals surface area contributed by atoms with Crippen molar-refractivity contribution < 1.29 is 9.53 Å². The molecule has 35 heavy (non-hydrogen) atoms. The van der Waals surface area contributed by atoms with Gasteiger partial charge in [0.1, 0.15) is 5.60 Å². The van der Waals surface area contributed by atoms with E-state index >= 15 is 0 Å². The van der Waals surface area contributed by atoms with Gasteiger partial charge < -0.3 is 19.5 Å². The number of hydrogen-bond donors (Lipinski definition) is 1. The third kappa shape index (κ3) is 5.03. The Morgan fingerprint density at radius 1 is 1.17 bits per heavy atom. The molecular formula is C28H34ClN3O3. The van der Waals surface area contributed by atoms with Crippen LogP contribution in [0.25, 0.3) is 10.8 Å². The van der Waals surface area contributed by atoms with Gasteiger partial charge in [0.2, 0.25) is 0 Å². The molecule has 7 heteroatoms. The van der Waals surface area contributed by atoms with E-state index in [0.717, 1.165) is 22.2 Å². The molecule has 1 aromatic heterocycles. The number of benzene rings is 2. The van der Waals surface area contributed by atoms with Gasteiger partial charge in [0.15, 0.2) is 0 Å². The average molecular weight is 496 g/mol. The highest BCUT2D eigenvalue weighted by molar-refractivity contribution is 6.31. The number of aromatic nitrogens is 1. The molecule has 4 rings (SSSR count). The predicted molar refractivity (Wildman–Crippen MR) is 143 cm³/mol. The van der Waals surface area contributed by atoms with Crippen LogP contribution in [0.4, 0.5) is 10.5 Å². The van der Waals surface area contributed by atoms with E-state index in [9.17, 15) is 9.59 Å². The first-order valence-electron chi connectivity index (χ1n) is 12.1. The van der Waals surface area contributed by atoms with Crippen LogP contribution in [0.5, 0.6) is 0 Å². The summed E-state index contributed by atoms with van der Waals surface area (Å²) in [6.07, 6.45) is 2.19. The molecule has 6 nitrogen and oxygen atoms in total. The van der Waals surface area contributed by atoms with Crippen molar-refractivity contribution in [2.45, 2.75) is 65.1 Å². The highest BCUT2D eigenvalue weighted by Crippen LogP contribution is 2.40. The molecule has 0 spiro atoms. The van der Waals surface area contributed by atoms with E-state index in [1.807, 2.05) is 84.1 Å². The number of halogens is 1. The standard InChI is InChI=1S/C28H34ClN3O3/c1-18(2)32-14-12-20-10-11-21(16-22(20)25(32)33)30-28(23-8-7-9-24(29)19(23)3)13-15-31(17-28)26(34)35-27(4,5)6/h7-12,14,16,18,30H,13,15,17H2,1-6H3/t28-/m1/s1. The first-order valence-corrected chi connectivity index (χ1v) is 12.4. The van der Waals surface area contributed by atoms with Gasteiger partial charge in [-0.2, -0.15) is 0 Å². The molecule has 1 amide bonds. The molecule has 1 aliphatic heterocycles. The number of ether oxygens (including phenoxy) is 1. The predicted octanol–water partition coefficient (Wildman–Crippen LogP) is 6.49. The lowest BCUT2D eigenvalue weighted by molar-refractivity contribution is 0.0286. The third-order valence-corrected chi connectivity index (χ3v) is 6.99. The van der Waals surface area contributed by atoms with Crippen LogP contribution >= 0.6 is 11.6 Å². The number of likely N-dealkylation sites (tertiary alicyclic amines) is 1. The summed E-state index contributed by atoms with van der Waals surface area (Å²) in [4.78, 5) is 27.8. The van der Waals surface area contributed by atoms with Gasteiger partial charge in [0.05, 0.1) is 12.1 Å². The van der Waals surface area contributed by atoms with Crippen LogP contribution in [0.3, 0.4) is 0 Å². The fourth-order valence-electron chi connectivity index (χ4n) is 4.82. The first-order chi connectivity index (χ1) is 16.4. The number of nitrogens with zero attached hydrogens (tertiary/aromatic N) is 2. The number of hydrogen-bond acceptors (Lipinski definition) is 4. The number of fused-ring (bicyclic) bond motifs is 1. The summed E-state index contributed by atoms with van der Waals surface area (Å²) >= 11 is 6.51. The summed E-state index contributed by atoms with van der Waals surface area (Å²) in [5.41, 5.74) is 1.65. The molecule has 186 valence electrons. The summed E-state index contributed by atoms with van der Waals surface area (Å²) in [6, 6.07) is 13.8. The van der Waals surface area contributed by atoms with Gasteiger partial charge >= 0.3 is 6.09 Å². The van der Waals surface area contributed by atoms with Crippen LogP contribution in [-0.4, -0.2) is 34.3 Å². The van der Waals surface area contributed by atoms with Gasteiger partial charge in [-0.15, -0.1) is 0 Å². The molecule has 0 radical (unpaired) electrons. The summed E-state index contributed by atoms with van der Waals surface area (Å²) in [5.74, 6) is 0. The van der Waals surface area contributed by atoms with E-state index in [1.165, 1.54) is 0 Å². The lowest BCUT2D eigenvalue weighted by Crippen LogP contribution is -2.42. The zero-order valence-electron chi connectivity index (χ0n) is 21.3.